The third kappa shape index (κ3) is 3.78. The average Bonchev–Trinajstić information content (AvgIpc) is 2.79. The molecule has 0 aliphatic carbocycles. The van der Waals surface area contributed by atoms with E-state index in [0.717, 1.165) is 29.0 Å². The quantitative estimate of drug-likeness (QED) is 0.912. The highest BCUT2D eigenvalue weighted by atomic mass is 32.1. The highest BCUT2D eigenvalue weighted by molar-refractivity contribution is 7.07. The van der Waals surface area contributed by atoms with Crippen molar-refractivity contribution in [2.75, 3.05) is 0 Å². The number of benzene rings is 1. The van der Waals surface area contributed by atoms with E-state index in [1.54, 1.807) is 11.3 Å². The molecular formula is C15H20N2OS. The zero-order valence-corrected chi connectivity index (χ0v) is 12.5. The predicted octanol–water partition coefficient (Wildman–Crippen LogP) is 3.23. The van der Waals surface area contributed by atoms with Crippen LogP contribution in [0, 0.1) is 13.8 Å². The fourth-order valence-corrected chi connectivity index (χ4v) is 2.76. The molecule has 1 unspecified atom stereocenters. The van der Waals surface area contributed by atoms with Crippen molar-refractivity contribution < 1.29 is 4.74 Å². The Morgan fingerprint density at radius 3 is 2.53 bits per heavy atom. The summed E-state index contributed by atoms with van der Waals surface area (Å²) in [7, 11) is 0. The molecule has 1 aromatic carbocycles. The van der Waals surface area contributed by atoms with Gasteiger partial charge in [-0.2, -0.15) is 0 Å². The lowest BCUT2D eigenvalue weighted by molar-refractivity contribution is 0.298. The van der Waals surface area contributed by atoms with E-state index in [9.17, 15) is 0 Å². The first-order valence-corrected chi connectivity index (χ1v) is 7.36. The van der Waals surface area contributed by atoms with Crippen LogP contribution in [0.1, 0.15) is 29.3 Å². The first kappa shape index (κ1) is 14.0. The molecule has 19 heavy (non-hydrogen) atoms. The van der Waals surface area contributed by atoms with Crippen LogP contribution >= 0.6 is 11.3 Å². The van der Waals surface area contributed by atoms with Crippen LogP contribution < -0.4 is 10.5 Å². The zero-order chi connectivity index (χ0) is 13.8. The van der Waals surface area contributed by atoms with Gasteiger partial charge in [-0.3, -0.25) is 0 Å². The molecule has 0 fully saturated rings. The summed E-state index contributed by atoms with van der Waals surface area (Å²) in [5.41, 5.74) is 12.2. The third-order valence-corrected chi connectivity index (χ3v) is 3.56. The van der Waals surface area contributed by atoms with E-state index in [0.29, 0.717) is 6.61 Å². The molecule has 1 heterocycles. The van der Waals surface area contributed by atoms with Gasteiger partial charge >= 0.3 is 0 Å². The molecule has 0 saturated carbocycles. The fourth-order valence-electron chi connectivity index (χ4n) is 2.21. The monoisotopic (exact) mass is 276 g/mol. The summed E-state index contributed by atoms with van der Waals surface area (Å²) in [5.74, 6) is 0.960. The molecule has 2 rings (SSSR count). The fraction of sp³-hybridized carbons (Fsp3) is 0.400. The summed E-state index contributed by atoms with van der Waals surface area (Å²) < 4.78 is 5.88. The Balaban J connectivity index is 2.12. The van der Waals surface area contributed by atoms with Gasteiger partial charge in [-0.15, -0.1) is 11.3 Å². The van der Waals surface area contributed by atoms with E-state index in [1.807, 2.05) is 17.8 Å². The molecule has 0 bridgehead atoms. The molecule has 0 saturated heterocycles. The maximum atomic E-state index is 5.88. The summed E-state index contributed by atoms with van der Waals surface area (Å²) in [6, 6.07) is 4.50. The van der Waals surface area contributed by atoms with E-state index < -0.39 is 0 Å². The molecule has 0 amide bonds. The lowest BCUT2D eigenvalue weighted by Crippen LogP contribution is -2.18. The van der Waals surface area contributed by atoms with E-state index in [-0.39, 0.29) is 6.04 Å². The van der Waals surface area contributed by atoms with E-state index in [2.05, 4.69) is 31.0 Å². The van der Waals surface area contributed by atoms with Crippen molar-refractivity contribution in [3.05, 3.63) is 45.4 Å². The maximum absolute atomic E-state index is 5.88. The van der Waals surface area contributed by atoms with Crippen LogP contribution in [-0.2, 0) is 13.0 Å². The molecule has 0 spiro atoms. The number of rotatable bonds is 5. The predicted molar refractivity (Wildman–Crippen MR) is 79.7 cm³/mol. The number of thiazole rings is 1. The summed E-state index contributed by atoms with van der Waals surface area (Å²) in [6.07, 6.45) is 0.897. The topological polar surface area (TPSA) is 48.1 Å². The first-order valence-electron chi connectivity index (χ1n) is 6.42. The summed E-state index contributed by atoms with van der Waals surface area (Å²) >= 11 is 1.59. The zero-order valence-electron chi connectivity index (χ0n) is 11.6. The van der Waals surface area contributed by atoms with Gasteiger partial charge in [0.15, 0.2) is 0 Å². The van der Waals surface area contributed by atoms with Gasteiger partial charge in [0.05, 0.1) is 11.2 Å². The van der Waals surface area contributed by atoms with Crippen molar-refractivity contribution in [3.8, 4) is 5.75 Å². The second kappa shape index (κ2) is 6.17. The normalized spacial score (nSPS) is 12.4. The number of nitrogens with two attached hydrogens (primary N) is 1. The standard InChI is InChI=1S/C15H20N2OS/c1-10-4-13(6-12(3)16)5-11(2)15(10)18-7-14-8-19-9-17-14/h4-5,8-9,12H,6-7,16H2,1-3H3. The Labute approximate surface area is 118 Å². The third-order valence-electron chi connectivity index (χ3n) is 2.93. The van der Waals surface area contributed by atoms with E-state index in [4.69, 9.17) is 10.5 Å². The summed E-state index contributed by atoms with van der Waals surface area (Å²) in [5, 5.41) is 2.01. The molecular weight excluding hydrogens is 256 g/mol. The minimum atomic E-state index is 0.181. The van der Waals surface area contributed by atoms with E-state index >= 15 is 0 Å². The second-order valence-corrected chi connectivity index (χ2v) is 5.73. The Hall–Kier alpha value is -1.39. The molecule has 2 N–H and O–H groups in total. The number of aromatic nitrogens is 1. The number of hydrogen-bond acceptors (Lipinski definition) is 4. The van der Waals surface area contributed by atoms with Crippen molar-refractivity contribution in [1.29, 1.82) is 0 Å². The highest BCUT2D eigenvalue weighted by Gasteiger charge is 2.08. The van der Waals surface area contributed by atoms with E-state index in [1.165, 1.54) is 5.56 Å². The van der Waals surface area contributed by atoms with Crippen molar-refractivity contribution in [2.45, 2.75) is 39.8 Å². The lowest BCUT2D eigenvalue weighted by atomic mass is 10.0. The van der Waals surface area contributed by atoms with Crippen LogP contribution in [0.3, 0.4) is 0 Å². The van der Waals surface area contributed by atoms with Crippen LogP contribution in [0.4, 0.5) is 0 Å². The van der Waals surface area contributed by atoms with Gasteiger partial charge in [-0.1, -0.05) is 12.1 Å². The molecule has 1 aromatic heterocycles. The van der Waals surface area contributed by atoms with Crippen LogP contribution in [0.2, 0.25) is 0 Å². The number of nitrogens with zero attached hydrogens (tertiary/aromatic N) is 1. The smallest absolute Gasteiger partial charge is 0.131 e. The Bertz CT molecular complexity index is 512. The average molecular weight is 276 g/mol. The minimum Gasteiger partial charge on any atom is -0.487 e. The lowest BCUT2D eigenvalue weighted by Gasteiger charge is -2.14. The van der Waals surface area contributed by atoms with Gasteiger partial charge in [-0.25, -0.2) is 4.98 Å². The van der Waals surface area contributed by atoms with Crippen LogP contribution in [0.25, 0.3) is 0 Å². The van der Waals surface area contributed by atoms with Crippen LogP contribution in [0.5, 0.6) is 5.75 Å². The SMILES string of the molecule is Cc1cc(CC(C)N)cc(C)c1OCc1cscn1. The van der Waals surface area contributed by atoms with Crippen molar-refractivity contribution in [3.63, 3.8) is 0 Å². The van der Waals surface area contributed by atoms with Crippen molar-refractivity contribution in [1.82, 2.24) is 4.98 Å². The Morgan fingerprint density at radius 2 is 2.00 bits per heavy atom. The van der Waals surface area contributed by atoms with Gasteiger partial charge in [0, 0.05) is 11.4 Å². The maximum Gasteiger partial charge on any atom is 0.131 e. The highest BCUT2D eigenvalue weighted by Crippen LogP contribution is 2.26. The first-order chi connectivity index (χ1) is 9.06. The van der Waals surface area contributed by atoms with Crippen molar-refractivity contribution in [2.24, 2.45) is 5.73 Å². The molecule has 0 aliphatic heterocycles. The number of ether oxygens (including phenoxy) is 1. The van der Waals surface area contributed by atoms with Gasteiger partial charge in [0.25, 0.3) is 0 Å². The Kier molecular flexibility index (Phi) is 4.56. The molecule has 0 radical (unpaired) electrons. The second-order valence-electron chi connectivity index (χ2n) is 5.01. The largest absolute Gasteiger partial charge is 0.487 e. The van der Waals surface area contributed by atoms with Gasteiger partial charge in [0.2, 0.25) is 0 Å². The molecule has 2 aromatic rings. The summed E-state index contributed by atoms with van der Waals surface area (Å²) in [4.78, 5) is 4.22. The Morgan fingerprint density at radius 1 is 1.32 bits per heavy atom. The van der Waals surface area contributed by atoms with Crippen molar-refractivity contribution >= 4 is 11.3 Å². The van der Waals surface area contributed by atoms with Gasteiger partial charge in [-0.05, 0) is 43.9 Å². The van der Waals surface area contributed by atoms with Gasteiger partial charge in [0.1, 0.15) is 12.4 Å². The van der Waals surface area contributed by atoms with Crippen LogP contribution in [-0.4, -0.2) is 11.0 Å². The minimum absolute atomic E-state index is 0.181. The number of hydrogen-bond donors (Lipinski definition) is 1. The number of aryl methyl sites for hydroxylation is 2. The summed E-state index contributed by atoms with van der Waals surface area (Å²) in [6.45, 7) is 6.71. The molecule has 4 heteroatoms. The molecule has 0 aliphatic rings. The van der Waals surface area contributed by atoms with Gasteiger partial charge < -0.3 is 10.5 Å². The molecule has 3 nitrogen and oxygen atoms in total. The molecule has 1 atom stereocenters. The van der Waals surface area contributed by atoms with Crippen LogP contribution in [0.15, 0.2) is 23.0 Å². The molecule has 102 valence electrons.